The summed E-state index contributed by atoms with van der Waals surface area (Å²) in [5.74, 6) is -2.47. The summed E-state index contributed by atoms with van der Waals surface area (Å²) in [7, 11) is 0. The molecule has 152 valence electrons. The number of carbonyl (C=O) groups excluding carboxylic acids is 1. The molecule has 1 heterocycles. The highest BCUT2D eigenvalue weighted by molar-refractivity contribution is 5.84. The number of carboxylic acid groups (broad SMARTS) is 2. The molecule has 0 bridgehead atoms. The molecule has 27 heavy (non-hydrogen) atoms. The van der Waals surface area contributed by atoms with E-state index in [0.29, 0.717) is 45.3 Å². The Balaban J connectivity index is 1.64. The lowest BCUT2D eigenvalue weighted by molar-refractivity contribution is -0.147. The smallest absolute Gasteiger partial charge is 0.306 e. The monoisotopic (exact) mass is 381 g/mol. The SMILES string of the molecule is O=C(O)C1CCC(NC(=O)C2(CC(C(=O)O)C3CCOC3)CCCC2)CC1. The lowest BCUT2D eigenvalue weighted by Gasteiger charge is -2.35. The van der Waals surface area contributed by atoms with Crippen LogP contribution in [0.15, 0.2) is 0 Å². The number of aliphatic carboxylic acids is 2. The second-order valence-electron chi connectivity index (χ2n) is 8.62. The molecule has 0 spiro atoms. The van der Waals surface area contributed by atoms with Crippen LogP contribution >= 0.6 is 0 Å². The number of rotatable bonds is 7. The van der Waals surface area contributed by atoms with Gasteiger partial charge in [0.2, 0.25) is 5.91 Å². The molecule has 3 rings (SSSR count). The minimum absolute atomic E-state index is 0.00340. The molecule has 2 aliphatic carbocycles. The van der Waals surface area contributed by atoms with Gasteiger partial charge in [0.1, 0.15) is 0 Å². The minimum atomic E-state index is -0.827. The average Bonchev–Trinajstić information content (AvgIpc) is 3.32. The summed E-state index contributed by atoms with van der Waals surface area (Å²) in [4.78, 5) is 36.2. The van der Waals surface area contributed by atoms with Gasteiger partial charge in [-0.3, -0.25) is 14.4 Å². The van der Waals surface area contributed by atoms with E-state index in [4.69, 9.17) is 9.84 Å². The Bertz CT molecular complexity index is 557. The maximum atomic E-state index is 13.2. The second-order valence-corrected chi connectivity index (χ2v) is 8.62. The van der Waals surface area contributed by atoms with Gasteiger partial charge in [-0.2, -0.15) is 0 Å². The molecule has 0 aromatic carbocycles. The third-order valence-corrected chi connectivity index (χ3v) is 6.92. The summed E-state index contributed by atoms with van der Waals surface area (Å²) >= 11 is 0. The molecule has 7 heteroatoms. The van der Waals surface area contributed by atoms with E-state index >= 15 is 0 Å². The van der Waals surface area contributed by atoms with Crippen LogP contribution in [0.1, 0.15) is 64.2 Å². The van der Waals surface area contributed by atoms with Gasteiger partial charge >= 0.3 is 11.9 Å². The molecule has 0 radical (unpaired) electrons. The fourth-order valence-electron chi connectivity index (χ4n) is 5.15. The van der Waals surface area contributed by atoms with E-state index in [-0.39, 0.29) is 23.8 Å². The zero-order valence-electron chi connectivity index (χ0n) is 15.8. The Kier molecular flexibility index (Phi) is 6.40. The van der Waals surface area contributed by atoms with Crippen molar-refractivity contribution >= 4 is 17.8 Å². The van der Waals surface area contributed by atoms with Crippen molar-refractivity contribution in [3.8, 4) is 0 Å². The first-order chi connectivity index (χ1) is 12.9. The van der Waals surface area contributed by atoms with Gasteiger partial charge in [0, 0.05) is 12.6 Å². The highest BCUT2D eigenvalue weighted by atomic mass is 16.5. The summed E-state index contributed by atoms with van der Waals surface area (Å²) < 4.78 is 5.39. The Hall–Kier alpha value is -1.63. The molecule has 7 nitrogen and oxygen atoms in total. The van der Waals surface area contributed by atoms with Gasteiger partial charge in [-0.1, -0.05) is 12.8 Å². The molecule has 1 amide bonds. The summed E-state index contributed by atoms with van der Waals surface area (Å²) in [5.41, 5.74) is -0.602. The van der Waals surface area contributed by atoms with Gasteiger partial charge in [-0.05, 0) is 57.3 Å². The summed E-state index contributed by atoms with van der Waals surface area (Å²) in [6.07, 6.45) is 7.03. The maximum Gasteiger partial charge on any atom is 0.306 e. The van der Waals surface area contributed by atoms with Crippen LogP contribution in [-0.2, 0) is 19.1 Å². The van der Waals surface area contributed by atoms with Gasteiger partial charge < -0.3 is 20.3 Å². The Morgan fingerprint density at radius 3 is 2.22 bits per heavy atom. The average molecular weight is 381 g/mol. The lowest BCUT2D eigenvalue weighted by atomic mass is 9.72. The third-order valence-electron chi connectivity index (χ3n) is 6.92. The van der Waals surface area contributed by atoms with Gasteiger partial charge in [0.15, 0.2) is 0 Å². The number of carboxylic acids is 2. The summed E-state index contributed by atoms with van der Waals surface area (Å²) in [6, 6.07) is 0.00340. The number of hydrogen-bond donors (Lipinski definition) is 3. The largest absolute Gasteiger partial charge is 0.481 e. The quantitative estimate of drug-likeness (QED) is 0.624. The number of hydrogen-bond acceptors (Lipinski definition) is 4. The van der Waals surface area contributed by atoms with Crippen LogP contribution < -0.4 is 5.32 Å². The summed E-state index contributed by atoms with van der Waals surface area (Å²) in [5, 5.41) is 22.0. The van der Waals surface area contributed by atoms with Crippen molar-refractivity contribution in [1.29, 1.82) is 0 Å². The molecule has 3 aliphatic rings. The predicted molar refractivity (Wildman–Crippen MR) is 97.1 cm³/mol. The van der Waals surface area contributed by atoms with Crippen LogP contribution in [0, 0.1) is 23.2 Å². The topological polar surface area (TPSA) is 113 Å². The van der Waals surface area contributed by atoms with E-state index in [1.54, 1.807) is 0 Å². The van der Waals surface area contributed by atoms with Gasteiger partial charge in [0.25, 0.3) is 0 Å². The third kappa shape index (κ3) is 4.62. The van der Waals surface area contributed by atoms with Crippen molar-refractivity contribution in [2.45, 2.75) is 70.3 Å². The molecule has 0 aromatic rings. The van der Waals surface area contributed by atoms with Crippen LogP contribution in [0.3, 0.4) is 0 Å². The fraction of sp³-hybridized carbons (Fsp3) is 0.850. The van der Waals surface area contributed by atoms with E-state index in [9.17, 15) is 19.5 Å². The van der Waals surface area contributed by atoms with E-state index in [2.05, 4.69) is 5.32 Å². The highest BCUT2D eigenvalue weighted by Gasteiger charge is 2.47. The molecule has 0 aromatic heterocycles. The highest BCUT2D eigenvalue weighted by Crippen LogP contribution is 2.46. The van der Waals surface area contributed by atoms with Crippen LogP contribution in [0.4, 0.5) is 0 Å². The molecule has 2 atom stereocenters. The first-order valence-electron chi connectivity index (χ1n) is 10.3. The van der Waals surface area contributed by atoms with Crippen molar-refractivity contribution in [1.82, 2.24) is 5.32 Å². The Morgan fingerprint density at radius 2 is 1.70 bits per heavy atom. The lowest BCUT2D eigenvalue weighted by Crippen LogP contribution is -2.47. The number of ether oxygens (including phenoxy) is 1. The van der Waals surface area contributed by atoms with E-state index < -0.39 is 23.3 Å². The molecular weight excluding hydrogens is 350 g/mol. The standard InChI is InChI=1S/C20H31NO6/c22-17(23)13-3-5-15(6-4-13)21-19(26)20(8-1-2-9-20)11-16(18(24)25)14-7-10-27-12-14/h13-16H,1-12H2,(H,21,26)(H,22,23)(H,24,25). The predicted octanol–water partition coefficient (Wildman–Crippen LogP) is 2.43. The van der Waals surface area contributed by atoms with Crippen LogP contribution in [0.5, 0.6) is 0 Å². The first kappa shape index (κ1) is 20.1. The van der Waals surface area contributed by atoms with Crippen molar-refractivity contribution < 1.29 is 29.3 Å². The molecule has 3 fully saturated rings. The zero-order valence-corrected chi connectivity index (χ0v) is 15.8. The van der Waals surface area contributed by atoms with E-state index in [1.807, 2.05) is 0 Å². The molecule has 3 N–H and O–H groups in total. The maximum absolute atomic E-state index is 13.2. The van der Waals surface area contributed by atoms with Crippen molar-refractivity contribution in [3.63, 3.8) is 0 Å². The van der Waals surface area contributed by atoms with Gasteiger partial charge in [0.05, 0.1) is 23.9 Å². The second kappa shape index (κ2) is 8.59. The van der Waals surface area contributed by atoms with Gasteiger partial charge in [-0.25, -0.2) is 0 Å². The van der Waals surface area contributed by atoms with Crippen molar-refractivity contribution in [2.24, 2.45) is 23.2 Å². The minimum Gasteiger partial charge on any atom is -0.481 e. The molecule has 2 saturated carbocycles. The summed E-state index contributed by atoms with van der Waals surface area (Å²) in [6.45, 7) is 1.06. The molecule has 1 aliphatic heterocycles. The Labute approximate surface area is 159 Å². The first-order valence-corrected chi connectivity index (χ1v) is 10.3. The fourth-order valence-corrected chi connectivity index (χ4v) is 5.15. The Morgan fingerprint density at radius 1 is 1.04 bits per heavy atom. The molecular formula is C20H31NO6. The number of carbonyl (C=O) groups is 3. The molecule has 2 unspecified atom stereocenters. The number of amides is 1. The zero-order chi connectivity index (χ0) is 19.4. The normalized spacial score (nSPS) is 31.3. The molecule has 1 saturated heterocycles. The van der Waals surface area contributed by atoms with Crippen molar-refractivity contribution in [2.75, 3.05) is 13.2 Å². The number of nitrogens with one attached hydrogen (secondary N) is 1. The van der Waals surface area contributed by atoms with E-state index in [1.165, 1.54) is 0 Å². The van der Waals surface area contributed by atoms with Crippen LogP contribution in [0.25, 0.3) is 0 Å². The van der Waals surface area contributed by atoms with Gasteiger partial charge in [-0.15, -0.1) is 0 Å². The van der Waals surface area contributed by atoms with E-state index in [0.717, 1.165) is 32.1 Å². The van der Waals surface area contributed by atoms with Crippen LogP contribution in [-0.4, -0.2) is 47.3 Å². The van der Waals surface area contributed by atoms with Crippen molar-refractivity contribution in [3.05, 3.63) is 0 Å². The van der Waals surface area contributed by atoms with Crippen LogP contribution in [0.2, 0.25) is 0 Å².